The molecule has 1 unspecified atom stereocenters. The van der Waals surface area contributed by atoms with Crippen LogP contribution in [0.1, 0.15) is 13.3 Å². The van der Waals surface area contributed by atoms with E-state index in [1.807, 2.05) is 29.5 Å². The van der Waals surface area contributed by atoms with Crippen LogP contribution >= 0.6 is 22.6 Å². The number of rotatable bonds is 7. The van der Waals surface area contributed by atoms with Gasteiger partial charge in [-0.2, -0.15) is 5.10 Å². The molecule has 100 valence electrons. The molecule has 0 saturated carbocycles. The average molecular weight is 367 g/mol. The van der Waals surface area contributed by atoms with Crippen LogP contribution in [0.5, 0.6) is 0 Å². The molecule has 1 atom stereocenters. The predicted octanol–water partition coefficient (Wildman–Crippen LogP) is 0.666. The lowest BCUT2D eigenvalue weighted by molar-refractivity contribution is -0.138. The van der Waals surface area contributed by atoms with Gasteiger partial charge in [-0.05, 0) is 29.5 Å². The number of ether oxygens (including phenoxy) is 1. The number of carboxylic acid groups (broad SMARTS) is 1. The molecular weight excluding hydrogens is 353 g/mol. The van der Waals surface area contributed by atoms with Gasteiger partial charge in [-0.1, -0.05) is 0 Å². The molecule has 0 aliphatic carbocycles. The second-order valence-corrected chi connectivity index (χ2v) is 4.77. The van der Waals surface area contributed by atoms with Crippen LogP contribution in [-0.2, 0) is 9.53 Å². The number of carboxylic acids is 1. The maximum atomic E-state index is 11.3. The average Bonchev–Trinajstić information content (AvgIpc) is 2.30. The van der Waals surface area contributed by atoms with E-state index in [0.29, 0.717) is 15.9 Å². The molecule has 8 heteroatoms. The quantitative estimate of drug-likeness (QED) is 0.483. The summed E-state index contributed by atoms with van der Waals surface area (Å²) >= 11 is 1.93. The minimum Gasteiger partial charge on any atom is -0.481 e. The number of hydrogen-bond donors (Lipinski definition) is 3. The maximum Gasteiger partial charge on any atom is 0.305 e. The van der Waals surface area contributed by atoms with Crippen molar-refractivity contribution >= 4 is 34.2 Å². The van der Waals surface area contributed by atoms with Crippen LogP contribution in [0.25, 0.3) is 0 Å². The number of aliphatic carboxylic acids is 1. The molecule has 18 heavy (non-hydrogen) atoms. The summed E-state index contributed by atoms with van der Waals surface area (Å²) in [6, 6.07) is -0.0455. The lowest BCUT2D eigenvalue weighted by Crippen LogP contribution is -2.25. The van der Waals surface area contributed by atoms with Crippen LogP contribution in [0.2, 0.25) is 0 Å². The smallest absolute Gasteiger partial charge is 0.305 e. The van der Waals surface area contributed by atoms with E-state index >= 15 is 0 Å². The van der Waals surface area contributed by atoms with Gasteiger partial charge in [-0.15, -0.1) is 0 Å². The van der Waals surface area contributed by atoms with E-state index in [4.69, 9.17) is 9.84 Å². The van der Waals surface area contributed by atoms with Gasteiger partial charge in [-0.25, -0.2) is 5.10 Å². The molecular formula is C10H14IN3O4. The van der Waals surface area contributed by atoms with Crippen molar-refractivity contribution in [3.63, 3.8) is 0 Å². The van der Waals surface area contributed by atoms with E-state index in [2.05, 4.69) is 15.5 Å². The zero-order chi connectivity index (χ0) is 13.5. The number of H-pyrrole nitrogens is 1. The highest BCUT2D eigenvalue weighted by Gasteiger charge is 2.08. The third-order valence-electron chi connectivity index (χ3n) is 2.03. The number of halogens is 1. The van der Waals surface area contributed by atoms with Crippen LogP contribution in [0, 0.1) is 3.57 Å². The molecule has 1 heterocycles. The van der Waals surface area contributed by atoms with Crippen molar-refractivity contribution in [1.29, 1.82) is 0 Å². The molecule has 1 aromatic rings. The Kier molecular flexibility index (Phi) is 6.05. The summed E-state index contributed by atoms with van der Waals surface area (Å²) in [5, 5.41) is 17.5. The monoisotopic (exact) mass is 367 g/mol. The molecule has 0 saturated heterocycles. The van der Waals surface area contributed by atoms with Gasteiger partial charge in [0.1, 0.15) is 3.57 Å². The van der Waals surface area contributed by atoms with Crippen molar-refractivity contribution in [3.05, 3.63) is 20.1 Å². The molecule has 1 aromatic heterocycles. The third kappa shape index (κ3) is 5.00. The van der Waals surface area contributed by atoms with E-state index in [-0.39, 0.29) is 24.6 Å². The van der Waals surface area contributed by atoms with Crippen LogP contribution in [0.4, 0.5) is 5.69 Å². The summed E-state index contributed by atoms with van der Waals surface area (Å²) in [5.41, 5.74) is 0.383. The fraction of sp³-hybridized carbons (Fsp3) is 0.500. The van der Waals surface area contributed by atoms with Crippen LogP contribution in [0.15, 0.2) is 11.0 Å². The van der Waals surface area contributed by atoms with Gasteiger partial charge in [0, 0.05) is 6.04 Å². The minimum absolute atomic E-state index is 0.0170. The Morgan fingerprint density at radius 1 is 1.72 bits per heavy atom. The third-order valence-corrected chi connectivity index (χ3v) is 3.10. The fourth-order valence-corrected chi connectivity index (χ4v) is 1.63. The van der Waals surface area contributed by atoms with E-state index < -0.39 is 5.97 Å². The van der Waals surface area contributed by atoms with Crippen LogP contribution in [0.3, 0.4) is 0 Å². The van der Waals surface area contributed by atoms with Gasteiger partial charge in [-0.3, -0.25) is 9.59 Å². The van der Waals surface area contributed by atoms with Crippen LogP contribution < -0.4 is 10.9 Å². The molecule has 0 aliphatic heterocycles. The van der Waals surface area contributed by atoms with Crippen molar-refractivity contribution in [2.45, 2.75) is 19.4 Å². The first-order valence-electron chi connectivity index (χ1n) is 5.30. The lowest BCUT2D eigenvalue weighted by atomic mass is 10.3. The largest absolute Gasteiger partial charge is 0.481 e. The number of hydrogen-bond acceptors (Lipinski definition) is 5. The van der Waals surface area contributed by atoms with E-state index in [1.165, 1.54) is 6.20 Å². The molecule has 3 N–H and O–H groups in total. The van der Waals surface area contributed by atoms with Crippen molar-refractivity contribution in [1.82, 2.24) is 10.2 Å². The molecule has 0 radical (unpaired) electrons. The molecule has 0 fully saturated rings. The Balaban J connectivity index is 2.40. The maximum absolute atomic E-state index is 11.3. The Morgan fingerprint density at radius 2 is 2.44 bits per heavy atom. The van der Waals surface area contributed by atoms with Crippen molar-refractivity contribution < 1.29 is 14.6 Å². The number of nitrogens with one attached hydrogen (secondary N) is 2. The first-order chi connectivity index (χ1) is 8.50. The molecule has 1 rings (SSSR count). The standard InChI is InChI=1S/C10H14IN3O4/c1-6(5-18-3-2-8(15)16)13-7-4-12-14-10(17)9(7)11/h4,6H,2-3,5H2,1H3,(H,15,16)(H2,13,14,17). The number of anilines is 1. The Morgan fingerprint density at radius 3 is 3.11 bits per heavy atom. The second-order valence-electron chi connectivity index (χ2n) is 3.69. The van der Waals surface area contributed by atoms with Crippen molar-refractivity contribution in [2.24, 2.45) is 0 Å². The van der Waals surface area contributed by atoms with E-state index in [9.17, 15) is 9.59 Å². The molecule has 0 amide bonds. The molecule has 0 spiro atoms. The molecule has 0 aromatic carbocycles. The summed E-state index contributed by atoms with van der Waals surface area (Å²) < 4.78 is 5.72. The normalized spacial score (nSPS) is 12.1. The highest BCUT2D eigenvalue weighted by molar-refractivity contribution is 14.1. The lowest BCUT2D eigenvalue weighted by Gasteiger charge is -2.15. The van der Waals surface area contributed by atoms with E-state index in [0.717, 1.165) is 0 Å². The molecule has 0 aliphatic rings. The van der Waals surface area contributed by atoms with Gasteiger partial charge in [0.15, 0.2) is 0 Å². The Hall–Kier alpha value is -1.16. The number of carbonyl (C=O) groups is 1. The number of aromatic amines is 1. The summed E-state index contributed by atoms with van der Waals surface area (Å²) in [6.45, 7) is 2.40. The zero-order valence-corrected chi connectivity index (χ0v) is 11.9. The topological polar surface area (TPSA) is 104 Å². The zero-order valence-electron chi connectivity index (χ0n) is 9.77. The Labute approximate surface area is 117 Å². The number of aromatic nitrogens is 2. The van der Waals surface area contributed by atoms with E-state index in [1.54, 1.807) is 0 Å². The fourth-order valence-electron chi connectivity index (χ4n) is 1.21. The van der Waals surface area contributed by atoms with Crippen molar-refractivity contribution in [3.8, 4) is 0 Å². The molecule has 7 nitrogen and oxygen atoms in total. The van der Waals surface area contributed by atoms with Crippen molar-refractivity contribution in [2.75, 3.05) is 18.5 Å². The van der Waals surface area contributed by atoms with Gasteiger partial charge < -0.3 is 15.2 Å². The minimum atomic E-state index is -0.885. The highest BCUT2D eigenvalue weighted by atomic mass is 127. The summed E-state index contributed by atoms with van der Waals surface area (Å²) in [7, 11) is 0. The summed E-state index contributed by atoms with van der Waals surface area (Å²) in [4.78, 5) is 21.6. The van der Waals surface area contributed by atoms with Crippen LogP contribution in [-0.4, -0.2) is 40.5 Å². The highest BCUT2D eigenvalue weighted by Crippen LogP contribution is 2.12. The first kappa shape index (κ1) is 14.9. The second kappa shape index (κ2) is 7.31. The summed E-state index contributed by atoms with van der Waals surface area (Å²) in [5.74, 6) is -0.885. The van der Waals surface area contributed by atoms with Gasteiger partial charge in [0.05, 0.1) is 31.5 Å². The SMILES string of the molecule is CC(COCCC(=O)O)Nc1cn[nH]c(=O)c1I. The number of nitrogens with zero attached hydrogens (tertiary/aromatic N) is 1. The summed E-state index contributed by atoms with van der Waals surface area (Å²) in [6.07, 6.45) is 1.51. The predicted molar refractivity (Wildman–Crippen MR) is 73.7 cm³/mol. The molecule has 0 bridgehead atoms. The first-order valence-corrected chi connectivity index (χ1v) is 6.38. The van der Waals surface area contributed by atoms with Gasteiger partial charge in [0.2, 0.25) is 0 Å². The van der Waals surface area contributed by atoms with Gasteiger partial charge >= 0.3 is 5.97 Å². The Bertz CT molecular complexity index is 463. The van der Waals surface area contributed by atoms with Gasteiger partial charge in [0.25, 0.3) is 5.56 Å².